The summed E-state index contributed by atoms with van der Waals surface area (Å²) in [7, 11) is 3.00. The van der Waals surface area contributed by atoms with Crippen LogP contribution in [0.4, 0.5) is 4.39 Å². The summed E-state index contributed by atoms with van der Waals surface area (Å²) in [4.78, 5) is 12.3. The van der Waals surface area contributed by atoms with Crippen LogP contribution < -0.4 is 9.47 Å². The Hall–Kier alpha value is -2.14. The van der Waals surface area contributed by atoms with E-state index in [0.29, 0.717) is 22.6 Å². The van der Waals surface area contributed by atoms with Gasteiger partial charge in [-0.25, -0.2) is 4.39 Å². The SMILES string of the molecule is COc1ccc(OC)c(C(=O)/C=C/c2cc(Br)ccc2F)c1. The highest BCUT2D eigenvalue weighted by molar-refractivity contribution is 9.10. The number of benzene rings is 2. The zero-order valence-electron chi connectivity index (χ0n) is 12.1. The van der Waals surface area contributed by atoms with Crippen LogP contribution in [0.3, 0.4) is 0 Å². The van der Waals surface area contributed by atoms with Crippen molar-refractivity contribution in [1.29, 1.82) is 0 Å². The molecule has 0 saturated heterocycles. The molecule has 22 heavy (non-hydrogen) atoms. The number of hydrogen-bond acceptors (Lipinski definition) is 3. The van der Waals surface area contributed by atoms with Gasteiger partial charge in [-0.05, 0) is 48.6 Å². The highest BCUT2D eigenvalue weighted by Gasteiger charge is 2.11. The van der Waals surface area contributed by atoms with E-state index < -0.39 is 5.82 Å². The number of hydrogen-bond donors (Lipinski definition) is 0. The molecule has 0 amide bonds. The lowest BCUT2D eigenvalue weighted by Gasteiger charge is -2.08. The summed E-state index contributed by atoms with van der Waals surface area (Å²) >= 11 is 3.27. The van der Waals surface area contributed by atoms with Gasteiger partial charge < -0.3 is 9.47 Å². The summed E-state index contributed by atoms with van der Waals surface area (Å²) in [6.45, 7) is 0. The van der Waals surface area contributed by atoms with Crippen LogP contribution in [0.15, 0.2) is 46.9 Å². The minimum atomic E-state index is -0.398. The molecular weight excluding hydrogens is 351 g/mol. The Morgan fingerprint density at radius 2 is 1.91 bits per heavy atom. The van der Waals surface area contributed by atoms with E-state index in [1.165, 1.54) is 32.4 Å². The third kappa shape index (κ3) is 3.74. The largest absolute Gasteiger partial charge is 0.497 e. The number of methoxy groups -OCH3 is 2. The molecule has 2 aromatic carbocycles. The zero-order valence-corrected chi connectivity index (χ0v) is 13.7. The van der Waals surface area contributed by atoms with Crippen LogP contribution in [0.25, 0.3) is 6.08 Å². The first-order chi connectivity index (χ1) is 10.5. The third-order valence-electron chi connectivity index (χ3n) is 3.04. The maximum Gasteiger partial charge on any atom is 0.189 e. The van der Waals surface area contributed by atoms with Gasteiger partial charge in [-0.1, -0.05) is 15.9 Å². The average Bonchev–Trinajstić information content (AvgIpc) is 2.54. The molecule has 2 rings (SSSR count). The van der Waals surface area contributed by atoms with Crippen molar-refractivity contribution < 1.29 is 18.7 Å². The summed E-state index contributed by atoms with van der Waals surface area (Å²) in [6, 6.07) is 9.47. The minimum absolute atomic E-state index is 0.296. The number of rotatable bonds is 5. The van der Waals surface area contributed by atoms with E-state index in [9.17, 15) is 9.18 Å². The Bertz CT molecular complexity index is 726. The van der Waals surface area contributed by atoms with E-state index in [1.807, 2.05) is 0 Å². The lowest BCUT2D eigenvalue weighted by atomic mass is 10.1. The van der Waals surface area contributed by atoms with Gasteiger partial charge in [0.2, 0.25) is 0 Å². The Balaban J connectivity index is 2.32. The zero-order chi connectivity index (χ0) is 16.1. The van der Waals surface area contributed by atoms with Gasteiger partial charge in [-0.3, -0.25) is 4.79 Å². The molecule has 0 aliphatic carbocycles. The number of halogens is 2. The second-order valence-corrected chi connectivity index (χ2v) is 5.35. The number of allylic oxidation sites excluding steroid dienone is 1. The molecule has 0 fully saturated rings. The predicted octanol–water partition coefficient (Wildman–Crippen LogP) is 4.50. The Labute approximate surface area is 136 Å². The summed E-state index contributed by atoms with van der Waals surface area (Å²) in [5, 5.41) is 0. The normalized spacial score (nSPS) is 10.7. The molecule has 0 saturated carbocycles. The standard InChI is InChI=1S/C17H14BrFO3/c1-21-13-5-8-17(22-2)14(10-13)16(20)7-3-11-9-12(18)4-6-15(11)19/h3-10H,1-2H3/b7-3+. The number of carbonyl (C=O) groups is 1. The molecule has 0 unspecified atom stereocenters. The van der Waals surface area contributed by atoms with E-state index in [1.54, 1.807) is 30.3 Å². The fraction of sp³-hybridized carbons (Fsp3) is 0.118. The van der Waals surface area contributed by atoms with Crippen molar-refractivity contribution in [2.24, 2.45) is 0 Å². The van der Waals surface area contributed by atoms with Gasteiger partial charge >= 0.3 is 0 Å². The van der Waals surface area contributed by atoms with E-state index in [-0.39, 0.29) is 5.78 Å². The van der Waals surface area contributed by atoms with Crippen molar-refractivity contribution in [1.82, 2.24) is 0 Å². The van der Waals surface area contributed by atoms with Crippen molar-refractivity contribution in [3.63, 3.8) is 0 Å². The number of ether oxygens (including phenoxy) is 2. The van der Waals surface area contributed by atoms with Gasteiger partial charge in [0, 0.05) is 10.0 Å². The van der Waals surface area contributed by atoms with E-state index in [4.69, 9.17) is 9.47 Å². The molecule has 0 aliphatic rings. The average molecular weight is 365 g/mol. The van der Waals surface area contributed by atoms with E-state index >= 15 is 0 Å². The molecule has 5 heteroatoms. The minimum Gasteiger partial charge on any atom is -0.497 e. The summed E-state index contributed by atoms with van der Waals surface area (Å²) in [6.07, 6.45) is 2.74. The highest BCUT2D eigenvalue weighted by Crippen LogP contribution is 2.25. The molecule has 0 aliphatic heterocycles. The van der Waals surface area contributed by atoms with Gasteiger partial charge in [-0.2, -0.15) is 0 Å². The molecule has 0 bridgehead atoms. The predicted molar refractivity (Wildman–Crippen MR) is 87.0 cm³/mol. The summed E-state index contributed by atoms with van der Waals surface area (Å²) in [5.74, 6) is 0.288. The van der Waals surface area contributed by atoms with Crippen LogP contribution in [0, 0.1) is 5.82 Å². The van der Waals surface area contributed by atoms with Gasteiger partial charge in [0.05, 0.1) is 19.8 Å². The van der Waals surface area contributed by atoms with Crippen molar-refractivity contribution in [2.45, 2.75) is 0 Å². The van der Waals surface area contributed by atoms with Crippen LogP contribution in [0.2, 0.25) is 0 Å². The number of ketones is 1. The Morgan fingerprint density at radius 1 is 1.14 bits per heavy atom. The fourth-order valence-corrected chi connectivity index (χ4v) is 2.28. The van der Waals surface area contributed by atoms with Gasteiger partial charge in [0.15, 0.2) is 5.78 Å². The molecule has 3 nitrogen and oxygen atoms in total. The fourth-order valence-electron chi connectivity index (χ4n) is 1.90. The summed E-state index contributed by atoms with van der Waals surface area (Å²) in [5.41, 5.74) is 0.679. The first-order valence-corrected chi connectivity index (χ1v) is 7.24. The van der Waals surface area contributed by atoms with E-state index in [0.717, 1.165) is 4.47 Å². The molecule has 0 atom stereocenters. The Morgan fingerprint density at radius 3 is 2.59 bits per heavy atom. The van der Waals surface area contributed by atoms with Crippen molar-refractivity contribution in [3.05, 3.63) is 63.9 Å². The lowest BCUT2D eigenvalue weighted by Crippen LogP contribution is -2.00. The molecule has 0 aromatic heterocycles. The lowest BCUT2D eigenvalue weighted by molar-refractivity contribution is 0.104. The first-order valence-electron chi connectivity index (χ1n) is 6.44. The van der Waals surface area contributed by atoms with Crippen molar-refractivity contribution in [3.8, 4) is 11.5 Å². The molecule has 114 valence electrons. The second-order valence-electron chi connectivity index (χ2n) is 4.43. The highest BCUT2D eigenvalue weighted by atomic mass is 79.9. The maximum absolute atomic E-state index is 13.7. The van der Waals surface area contributed by atoms with Crippen LogP contribution in [0.1, 0.15) is 15.9 Å². The monoisotopic (exact) mass is 364 g/mol. The molecule has 0 radical (unpaired) electrons. The van der Waals surface area contributed by atoms with Crippen LogP contribution in [0.5, 0.6) is 11.5 Å². The molecule has 2 aromatic rings. The molecule has 0 spiro atoms. The number of carbonyl (C=O) groups excluding carboxylic acids is 1. The van der Waals surface area contributed by atoms with Gasteiger partial charge in [-0.15, -0.1) is 0 Å². The smallest absolute Gasteiger partial charge is 0.189 e. The molecule has 0 heterocycles. The topological polar surface area (TPSA) is 35.5 Å². The van der Waals surface area contributed by atoms with Crippen LogP contribution in [-0.4, -0.2) is 20.0 Å². The second kappa shape index (κ2) is 7.22. The van der Waals surface area contributed by atoms with Gasteiger partial charge in [0.1, 0.15) is 17.3 Å². The quantitative estimate of drug-likeness (QED) is 0.578. The van der Waals surface area contributed by atoms with Crippen molar-refractivity contribution in [2.75, 3.05) is 14.2 Å². The molecular formula is C17H14BrFO3. The first kappa shape index (κ1) is 16.2. The maximum atomic E-state index is 13.7. The Kier molecular flexibility index (Phi) is 5.33. The van der Waals surface area contributed by atoms with Crippen LogP contribution in [-0.2, 0) is 0 Å². The van der Waals surface area contributed by atoms with E-state index in [2.05, 4.69) is 15.9 Å². The molecule has 0 N–H and O–H groups in total. The van der Waals surface area contributed by atoms with Crippen molar-refractivity contribution >= 4 is 27.8 Å². The summed E-state index contributed by atoms with van der Waals surface area (Å²) < 4.78 is 24.7. The van der Waals surface area contributed by atoms with Crippen LogP contribution >= 0.6 is 15.9 Å². The van der Waals surface area contributed by atoms with Gasteiger partial charge in [0.25, 0.3) is 0 Å². The third-order valence-corrected chi connectivity index (χ3v) is 3.54.